The van der Waals surface area contributed by atoms with E-state index in [1.54, 1.807) is 36.4 Å². The number of carbonyl (C=O) groups is 1. The molecule has 0 radical (unpaired) electrons. The number of halogens is 1. The maximum absolute atomic E-state index is 12.2. The minimum atomic E-state index is -0.559. The zero-order valence-electron chi connectivity index (χ0n) is 11.2. The van der Waals surface area contributed by atoms with Crippen molar-refractivity contribution in [2.75, 3.05) is 5.32 Å². The average molecular weight is 304 g/mol. The molecular formula is C16H14ClNO3. The third kappa shape index (κ3) is 3.01. The number of hydrogen-bond donors (Lipinski definition) is 2. The van der Waals surface area contributed by atoms with Gasteiger partial charge in [-0.3, -0.25) is 4.79 Å². The lowest BCUT2D eigenvalue weighted by atomic mass is 10.1. The average Bonchev–Trinajstić information content (AvgIpc) is 2.90. The van der Waals surface area contributed by atoms with Gasteiger partial charge < -0.3 is 15.2 Å². The topological polar surface area (TPSA) is 58.6 Å². The quantitative estimate of drug-likeness (QED) is 0.916. The van der Waals surface area contributed by atoms with E-state index in [4.69, 9.17) is 21.4 Å². The van der Waals surface area contributed by atoms with Gasteiger partial charge in [0.15, 0.2) is 6.10 Å². The molecule has 1 atom stereocenters. The van der Waals surface area contributed by atoms with Crippen LogP contribution in [0.2, 0.25) is 5.02 Å². The van der Waals surface area contributed by atoms with Crippen LogP contribution in [0.4, 0.5) is 5.69 Å². The Balaban J connectivity index is 1.70. The van der Waals surface area contributed by atoms with Gasteiger partial charge in [-0.1, -0.05) is 23.7 Å². The van der Waals surface area contributed by atoms with Crippen LogP contribution in [0.15, 0.2) is 42.5 Å². The predicted molar refractivity (Wildman–Crippen MR) is 80.6 cm³/mol. The molecule has 21 heavy (non-hydrogen) atoms. The highest BCUT2D eigenvalue weighted by molar-refractivity contribution is 6.30. The lowest BCUT2D eigenvalue weighted by molar-refractivity contribution is -0.122. The summed E-state index contributed by atoms with van der Waals surface area (Å²) in [6, 6.07) is 12.4. The van der Waals surface area contributed by atoms with Crippen LogP contribution >= 0.6 is 11.6 Å². The highest BCUT2D eigenvalue weighted by Gasteiger charge is 2.29. The Bertz CT molecular complexity index is 687. The standard InChI is InChI=1S/C16H14ClNO3/c17-12-4-5-14-11(7-12)8-15(21-14)16(20)18-13-3-1-2-10(6-13)9-19/h1-7,15,19H,8-9H2,(H,18,20). The number of rotatable bonds is 3. The van der Waals surface area contributed by atoms with Gasteiger partial charge >= 0.3 is 0 Å². The van der Waals surface area contributed by atoms with Gasteiger partial charge in [0.05, 0.1) is 6.61 Å². The molecule has 0 spiro atoms. The molecule has 1 aliphatic heterocycles. The molecule has 0 aliphatic carbocycles. The second-order valence-electron chi connectivity index (χ2n) is 4.91. The number of carbonyl (C=O) groups excluding carboxylic acids is 1. The normalized spacial score (nSPS) is 16.2. The van der Waals surface area contributed by atoms with Gasteiger partial charge in [-0.2, -0.15) is 0 Å². The molecule has 0 saturated carbocycles. The van der Waals surface area contributed by atoms with E-state index in [2.05, 4.69) is 5.32 Å². The molecule has 4 nitrogen and oxygen atoms in total. The summed E-state index contributed by atoms with van der Waals surface area (Å²) in [6.07, 6.45) is -0.0576. The number of ether oxygens (including phenoxy) is 1. The lowest BCUT2D eigenvalue weighted by Crippen LogP contribution is -2.31. The first-order chi connectivity index (χ1) is 10.2. The fourth-order valence-electron chi connectivity index (χ4n) is 2.33. The molecule has 1 unspecified atom stereocenters. The fraction of sp³-hybridized carbons (Fsp3) is 0.188. The van der Waals surface area contributed by atoms with Crippen LogP contribution in [-0.4, -0.2) is 17.1 Å². The maximum atomic E-state index is 12.2. The first-order valence-corrected chi connectivity index (χ1v) is 6.99. The van der Waals surface area contributed by atoms with E-state index in [0.717, 1.165) is 11.1 Å². The summed E-state index contributed by atoms with van der Waals surface area (Å²) in [5, 5.41) is 12.5. The van der Waals surface area contributed by atoms with Crippen molar-refractivity contribution in [1.29, 1.82) is 0 Å². The zero-order valence-corrected chi connectivity index (χ0v) is 11.9. The molecule has 1 amide bonds. The van der Waals surface area contributed by atoms with Crippen molar-refractivity contribution in [2.24, 2.45) is 0 Å². The van der Waals surface area contributed by atoms with E-state index in [1.807, 2.05) is 6.07 Å². The van der Waals surface area contributed by atoms with Crippen LogP contribution in [0, 0.1) is 0 Å². The molecule has 2 aromatic rings. The highest BCUT2D eigenvalue weighted by atomic mass is 35.5. The van der Waals surface area contributed by atoms with Crippen LogP contribution in [0.3, 0.4) is 0 Å². The fourth-order valence-corrected chi connectivity index (χ4v) is 2.53. The number of amides is 1. The molecule has 2 aromatic carbocycles. The minimum Gasteiger partial charge on any atom is -0.480 e. The van der Waals surface area contributed by atoms with Crippen molar-refractivity contribution in [1.82, 2.24) is 0 Å². The molecule has 1 aliphatic rings. The number of fused-ring (bicyclic) bond motifs is 1. The van der Waals surface area contributed by atoms with Crippen molar-refractivity contribution >= 4 is 23.2 Å². The van der Waals surface area contributed by atoms with Gasteiger partial charge in [0.1, 0.15) is 5.75 Å². The number of benzene rings is 2. The van der Waals surface area contributed by atoms with Crippen LogP contribution in [0.1, 0.15) is 11.1 Å². The van der Waals surface area contributed by atoms with Crippen molar-refractivity contribution < 1.29 is 14.6 Å². The molecule has 1 heterocycles. The summed E-state index contributed by atoms with van der Waals surface area (Å²) in [4.78, 5) is 12.2. The van der Waals surface area contributed by atoms with E-state index in [1.165, 1.54) is 0 Å². The molecular weight excluding hydrogens is 290 g/mol. The third-order valence-corrected chi connectivity index (χ3v) is 3.60. The minimum absolute atomic E-state index is 0.0619. The van der Waals surface area contributed by atoms with Gasteiger partial charge in [0.2, 0.25) is 0 Å². The molecule has 0 bridgehead atoms. The van der Waals surface area contributed by atoms with E-state index in [-0.39, 0.29) is 12.5 Å². The van der Waals surface area contributed by atoms with Crippen molar-refractivity contribution in [3.8, 4) is 5.75 Å². The van der Waals surface area contributed by atoms with Crippen molar-refractivity contribution in [2.45, 2.75) is 19.1 Å². The van der Waals surface area contributed by atoms with Crippen LogP contribution in [0.25, 0.3) is 0 Å². The molecule has 0 saturated heterocycles. The zero-order chi connectivity index (χ0) is 14.8. The Morgan fingerprint density at radius 3 is 3.00 bits per heavy atom. The van der Waals surface area contributed by atoms with Gasteiger partial charge in [0.25, 0.3) is 5.91 Å². The van der Waals surface area contributed by atoms with Crippen molar-refractivity contribution in [3.05, 3.63) is 58.6 Å². The molecule has 0 aromatic heterocycles. The second-order valence-corrected chi connectivity index (χ2v) is 5.35. The first-order valence-electron chi connectivity index (χ1n) is 6.61. The van der Waals surface area contributed by atoms with Gasteiger partial charge in [-0.15, -0.1) is 0 Å². The number of anilines is 1. The third-order valence-electron chi connectivity index (χ3n) is 3.37. The highest BCUT2D eigenvalue weighted by Crippen LogP contribution is 2.31. The summed E-state index contributed by atoms with van der Waals surface area (Å²) >= 11 is 5.93. The predicted octanol–water partition coefficient (Wildman–Crippen LogP) is 2.77. The summed E-state index contributed by atoms with van der Waals surface area (Å²) in [5.41, 5.74) is 2.33. The van der Waals surface area contributed by atoms with Crippen LogP contribution in [-0.2, 0) is 17.8 Å². The van der Waals surface area contributed by atoms with Crippen LogP contribution < -0.4 is 10.1 Å². The van der Waals surface area contributed by atoms with Gasteiger partial charge in [-0.05, 0) is 41.5 Å². The number of aliphatic hydroxyl groups excluding tert-OH is 1. The lowest BCUT2D eigenvalue weighted by Gasteiger charge is -2.11. The molecule has 2 N–H and O–H groups in total. The van der Waals surface area contributed by atoms with Gasteiger partial charge in [-0.25, -0.2) is 0 Å². The van der Waals surface area contributed by atoms with Crippen LogP contribution in [0.5, 0.6) is 5.75 Å². The first kappa shape index (κ1) is 13.9. The number of hydrogen-bond acceptors (Lipinski definition) is 3. The maximum Gasteiger partial charge on any atom is 0.265 e. The van der Waals surface area contributed by atoms with E-state index >= 15 is 0 Å². The Morgan fingerprint density at radius 2 is 2.19 bits per heavy atom. The van der Waals surface area contributed by atoms with E-state index in [0.29, 0.717) is 22.9 Å². The molecule has 3 rings (SSSR count). The SMILES string of the molecule is O=C(Nc1cccc(CO)c1)C1Cc2cc(Cl)ccc2O1. The second kappa shape index (κ2) is 5.76. The van der Waals surface area contributed by atoms with Crippen molar-refractivity contribution in [3.63, 3.8) is 0 Å². The number of nitrogens with one attached hydrogen (secondary N) is 1. The summed E-state index contributed by atoms with van der Waals surface area (Å²) in [5.74, 6) is 0.487. The van der Waals surface area contributed by atoms with Gasteiger partial charge in [0, 0.05) is 17.1 Å². The number of aliphatic hydroxyl groups is 1. The summed E-state index contributed by atoms with van der Waals surface area (Å²) in [7, 11) is 0. The molecule has 5 heteroatoms. The smallest absolute Gasteiger partial charge is 0.265 e. The summed E-state index contributed by atoms with van der Waals surface area (Å²) < 4.78 is 5.63. The monoisotopic (exact) mass is 303 g/mol. The Kier molecular flexibility index (Phi) is 3.82. The molecule has 108 valence electrons. The summed E-state index contributed by atoms with van der Waals surface area (Å²) in [6.45, 7) is -0.0619. The van der Waals surface area contributed by atoms with E-state index < -0.39 is 6.10 Å². The Labute approximate surface area is 127 Å². The largest absolute Gasteiger partial charge is 0.480 e. The Hall–Kier alpha value is -2.04. The molecule has 0 fully saturated rings. The van der Waals surface area contributed by atoms with E-state index in [9.17, 15) is 4.79 Å². The Morgan fingerprint density at radius 1 is 1.33 bits per heavy atom.